The van der Waals surface area contributed by atoms with Crippen molar-refractivity contribution in [1.29, 1.82) is 0 Å². The number of alkyl carbamates (subject to hydrolysis) is 1. The molecular weight excluding hydrogens is 690 g/mol. The van der Waals surface area contributed by atoms with Gasteiger partial charge in [-0.2, -0.15) is 0 Å². The number of nitrogens with one attached hydrogen (secondary N) is 3. The molecule has 14 nitrogen and oxygen atoms in total. The Morgan fingerprint density at radius 1 is 0.962 bits per heavy atom. The Bertz CT molecular complexity index is 1680. The lowest BCUT2D eigenvalue weighted by Gasteiger charge is -2.30. The van der Waals surface area contributed by atoms with Crippen molar-refractivity contribution in [3.05, 3.63) is 47.5 Å². The van der Waals surface area contributed by atoms with E-state index in [1.54, 1.807) is 4.90 Å². The van der Waals surface area contributed by atoms with E-state index < -0.39 is 74.8 Å². The maximum absolute atomic E-state index is 14.4. The van der Waals surface area contributed by atoms with Crippen molar-refractivity contribution in [2.24, 2.45) is 5.92 Å². The first-order valence-electron chi connectivity index (χ1n) is 18.7. The third kappa shape index (κ3) is 8.56. The quantitative estimate of drug-likeness (QED) is 0.368. The minimum atomic E-state index is -4.00. The fourth-order valence-corrected chi connectivity index (χ4v) is 8.38. The molecule has 1 aromatic carbocycles. The highest BCUT2D eigenvalue weighted by Crippen LogP contribution is 2.46. The molecule has 1 aromatic rings. The molecule has 284 valence electrons. The first-order chi connectivity index (χ1) is 24.9. The van der Waals surface area contributed by atoms with Crippen molar-refractivity contribution in [3.8, 4) is 0 Å². The van der Waals surface area contributed by atoms with Gasteiger partial charge >= 0.3 is 12.2 Å². The van der Waals surface area contributed by atoms with Gasteiger partial charge in [-0.25, -0.2) is 18.0 Å². The van der Waals surface area contributed by atoms with Gasteiger partial charge in [-0.15, -0.1) is 0 Å². The topological polar surface area (TPSA) is 181 Å². The van der Waals surface area contributed by atoms with E-state index in [-0.39, 0.29) is 25.5 Å². The first-order valence-corrected chi connectivity index (χ1v) is 20.3. The fourth-order valence-electron chi connectivity index (χ4n) is 7.71. The van der Waals surface area contributed by atoms with Crippen LogP contribution in [-0.4, -0.2) is 96.3 Å². The SMILES string of the molecule is CC(C)S(=O)(=O)NC(=O)[C@]12C[C@@H]1/C=C\CCCCC[C@H](NC(=O)OC1CCCC1)C(=O)N1C[C@H](OC(=O)N3CCc4ccccc4C3)C[C@H]1C(=O)N2. The number of hydrogen-bond donors (Lipinski definition) is 3. The second-order valence-corrected chi connectivity index (χ2v) is 17.3. The molecule has 5 amide bonds. The van der Waals surface area contributed by atoms with E-state index in [0.717, 1.165) is 49.7 Å². The van der Waals surface area contributed by atoms with E-state index in [0.29, 0.717) is 38.8 Å². The van der Waals surface area contributed by atoms with Crippen LogP contribution in [0.4, 0.5) is 9.59 Å². The summed E-state index contributed by atoms with van der Waals surface area (Å²) in [7, 11) is -4.00. The van der Waals surface area contributed by atoms with Crippen LogP contribution < -0.4 is 15.4 Å². The van der Waals surface area contributed by atoms with E-state index in [9.17, 15) is 32.4 Å². The van der Waals surface area contributed by atoms with Gasteiger partial charge in [-0.05, 0) is 82.8 Å². The highest BCUT2D eigenvalue weighted by molar-refractivity contribution is 7.90. The van der Waals surface area contributed by atoms with Gasteiger partial charge in [0.1, 0.15) is 29.8 Å². The highest BCUT2D eigenvalue weighted by atomic mass is 32.2. The van der Waals surface area contributed by atoms with Crippen LogP contribution in [0.25, 0.3) is 0 Å². The van der Waals surface area contributed by atoms with Crippen LogP contribution in [0, 0.1) is 5.92 Å². The molecule has 3 N–H and O–H groups in total. The maximum atomic E-state index is 14.4. The van der Waals surface area contributed by atoms with Gasteiger partial charge in [0, 0.05) is 25.4 Å². The predicted octanol–water partition coefficient (Wildman–Crippen LogP) is 3.44. The summed E-state index contributed by atoms with van der Waals surface area (Å²) in [5.41, 5.74) is 0.648. The standard InChI is InChI=1S/C37H51N5O9S/c1-24(2)52(48,49)40-34(45)37-21-27(37)14-6-4-3-5-7-17-30(38-35(46)50-28-15-10-11-16-28)33(44)42-23-29(20-31(42)32(43)39-37)51-36(47)41-19-18-25-12-8-9-13-26(25)22-41/h6,8-9,12-14,24,27-31H,3-5,7,10-11,15-23H2,1-2H3,(H,38,46)(H,39,43)(H,40,45)/b14-6-/t27-,29+,30-,31-,37-/m0/s1. The Morgan fingerprint density at radius 2 is 1.69 bits per heavy atom. The summed E-state index contributed by atoms with van der Waals surface area (Å²) in [6.45, 7) is 3.62. The molecule has 3 aliphatic heterocycles. The largest absolute Gasteiger partial charge is 0.446 e. The van der Waals surface area contributed by atoms with Gasteiger partial charge in [0.25, 0.3) is 5.91 Å². The minimum Gasteiger partial charge on any atom is -0.446 e. The van der Waals surface area contributed by atoms with Crippen LogP contribution in [0.5, 0.6) is 0 Å². The Hall–Kier alpha value is -4.14. The van der Waals surface area contributed by atoms with Gasteiger partial charge in [0.15, 0.2) is 0 Å². The van der Waals surface area contributed by atoms with Gasteiger partial charge in [-0.1, -0.05) is 49.3 Å². The molecule has 6 rings (SSSR count). The molecule has 1 saturated heterocycles. The average molecular weight is 742 g/mol. The number of allylic oxidation sites excluding steroid dienone is 1. The molecule has 2 aliphatic carbocycles. The zero-order valence-corrected chi connectivity index (χ0v) is 30.8. The van der Waals surface area contributed by atoms with Gasteiger partial charge in [0.05, 0.1) is 11.8 Å². The number of carbonyl (C=O) groups is 5. The van der Waals surface area contributed by atoms with Crippen molar-refractivity contribution in [1.82, 2.24) is 25.2 Å². The summed E-state index contributed by atoms with van der Waals surface area (Å²) in [4.78, 5) is 71.6. The van der Waals surface area contributed by atoms with Crippen LogP contribution in [0.2, 0.25) is 0 Å². The van der Waals surface area contributed by atoms with Crippen LogP contribution in [-0.2, 0) is 46.8 Å². The Balaban J connectivity index is 1.24. The Morgan fingerprint density at radius 3 is 2.44 bits per heavy atom. The molecule has 5 aliphatic rings. The molecule has 0 unspecified atom stereocenters. The molecule has 0 aromatic heterocycles. The zero-order valence-electron chi connectivity index (χ0n) is 30.0. The summed E-state index contributed by atoms with van der Waals surface area (Å²) in [6, 6.07) is 5.71. The van der Waals surface area contributed by atoms with Crippen LogP contribution in [0.15, 0.2) is 36.4 Å². The second kappa shape index (κ2) is 15.8. The molecule has 0 radical (unpaired) electrons. The van der Waals surface area contributed by atoms with E-state index in [2.05, 4.69) is 15.4 Å². The summed E-state index contributed by atoms with van der Waals surface area (Å²) < 4.78 is 39.1. The van der Waals surface area contributed by atoms with E-state index in [1.807, 2.05) is 36.4 Å². The molecular formula is C37H51N5O9S. The molecule has 52 heavy (non-hydrogen) atoms. The van der Waals surface area contributed by atoms with Crippen LogP contribution in [0.1, 0.15) is 95.6 Å². The van der Waals surface area contributed by atoms with Gasteiger partial charge < -0.3 is 29.9 Å². The number of nitrogens with zero attached hydrogens (tertiary/aromatic N) is 2. The molecule has 0 bridgehead atoms. The summed E-state index contributed by atoms with van der Waals surface area (Å²) in [6.07, 6.45) is 8.87. The lowest BCUT2D eigenvalue weighted by atomic mass is 10.0. The van der Waals surface area contributed by atoms with Gasteiger partial charge in [0.2, 0.25) is 21.8 Å². The number of ether oxygens (including phenoxy) is 2. The number of fused-ring (bicyclic) bond motifs is 3. The highest BCUT2D eigenvalue weighted by Gasteiger charge is 2.61. The summed E-state index contributed by atoms with van der Waals surface area (Å²) in [5, 5.41) is 4.71. The number of carbonyl (C=O) groups excluding carboxylic acids is 5. The predicted molar refractivity (Wildman–Crippen MR) is 190 cm³/mol. The van der Waals surface area contributed by atoms with E-state index in [4.69, 9.17) is 9.47 Å². The van der Waals surface area contributed by atoms with Crippen molar-refractivity contribution in [2.45, 2.75) is 133 Å². The monoisotopic (exact) mass is 741 g/mol. The maximum Gasteiger partial charge on any atom is 0.410 e. The van der Waals surface area contributed by atoms with Crippen molar-refractivity contribution < 1.29 is 41.9 Å². The third-order valence-corrected chi connectivity index (χ3v) is 12.7. The molecule has 15 heteroatoms. The first kappa shape index (κ1) is 37.6. The Kier molecular flexibility index (Phi) is 11.5. The molecule has 2 saturated carbocycles. The number of hydrogen-bond acceptors (Lipinski definition) is 9. The average Bonchev–Trinajstić information content (AvgIpc) is 3.38. The zero-order chi connectivity index (χ0) is 37.0. The number of benzene rings is 1. The van der Waals surface area contributed by atoms with Crippen LogP contribution in [0.3, 0.4) is 0 Å². The van der Waals surface area contributed by atoms with Crippen molar-refractivity contribution >= 4 is 39.9 Å². The lowest BCUT2D eigenvalue weighted by Crippen LogP contribution is -2.58. The van der Waals surface area contributed by atoms with E-state index >= 15 is 0 Å². The molecule has 0 spiro atoms. The molecule has 3 fully saturated rings. The fraction of sp³-hybridized carbons (Fsp3) is 0.649. The number of sulfonamides is 1. The van der Waals surface area contributed by atoms with Gasteiger partial charge in [-0.3, -0.25) is 19.1 Å². The van der Waals surface area contributed by atoms with Crippen molar-refractivity contribution in [3.63, 3.8) is 0 Å². The Labute approximate surface area is 305 Å². The molecule has 3 heterocycles. The van der Waals surface area contributed by atoms with Crippen molar-refractivity contribution in [2.75, 3.05) is 13.1 Å². The summed E-state index contributed by atoms with van der Waals surface area (Å²) >= 11 is 0. The van der Waals surface area contributed by atoms with E-state index in [1.165, 1.54) is 18.7 Å². The lowest BCUT2D eigenvalue weighted by molar-refractivity contribution is -0.141. The second-order valence-electron chi connectivity index (χ2n) is 15.1. The molecule has 5 atom stereocenters. The number of rotatable bonds is 6. The number of amides is 5. The smallest absolute Gasteiger partial charge is 0.410 e. The minimum absolute atomic E-state index is 0.0462. The third-order valence-electron chi connectivity index (χ3n) is 11.0. The van der Waals surface area contributed by atoms with Crippen LogP contribution >= 0.6 is 0 Å². The summed E-state index contributed by atoms with van der Waals surface area (Å²) in [5.74, 6) is -2.49. The normalized spacial score (nSPS) is 29.1.